The van der Waals surface area contributed by atoms with Crippen molar-refractivity contribution in [2.75, 3.05) is 19.0 Å². The second-order valence-electron chi connectivity index (χ2n) is 6.28. The molecule has 0 fully saturated rings. The van der Waals surface area contributed by atoms with E-state index < -0.39 is 0 Å². The topological polar surface area (TPSA) is 102 Å². The molecule has 2 heterocycles. The molecular formula is C19H20N6OS. The fourth-order valence-electron chi connectivity index (χ4n) is 2.84. The Hall–Kier alpha value is -2.97. The van der Waals surface area contributed by atoms with E-state index in [0.29, 0.717) is 6.54 Å². The summed E-state index contributed by atoms with van der Waals surface area (Å²) in [5, 5.41) is 21.5. The first-order valence-electron chi connectivity index (χ1n) is 8.60. The van der Waals surface area contributed by atoms with Gasteiger partial charge in [-0.3, -0.25) is 5.10 Å². The SMILES string of the molecule is COc1ccc(C[C@H](N)CNc2nnc(-c3ccc4[nH]ncc4c3)s2)cc1. The normalized spacial score (nSPS) is 12.2. The van der Waals surface area contributed by atoms with Crippen LogP contribution in [0.1, 0.15) is 5.56 Å². The summed E-state index contributed by atoms with van der Waals surface area (Å²) in [4.78, 5) is 0. The number of methoxy groups -OCH3 is 1. The number of nitrogens with zero attached hydrogens (tertiary/aromatic N) is 3. The summed E-state index contributed by atoms with van der Waals surface area (Å²) < 4.78 is 5.17. The van der Waals surface area contributed by atoms with E-state index >= 15 is 0 Å². The number of aromatic amines is 1. The third kappa shape index (κ3) is 4.07. The molecule has 0 aliphatic rings. The number of aromatic nitrogens is 4. The summed E-state index contributed by atoms with van der Waals surface area (Å²) in [7, 11) is 1.66. The summed E-state index contributed by atoms with van der Waals surface area (Å²) >= 11 is 1.51. The van der Waals surface area contributed by atoms with Crippen LogP contribution in [0.3, 0.4) is 0 Å². The van der Waals surface area contributed by atoms with Crippen molar-refractivity contribution in [1.29, 1.82) is 0 Å². The number of fused-ring (bicyclic) bond motifs is 1. The summed E-state index contributed by atoms with van der Waals surface area (Å²) in [5.74, 6) is 0.848. The number of hydrogen-bond acceptors (Lipinski definition) is 7. The minimum Gasteiger partial charge on any atom is -0.497 e. The first-order chi connectivity index (χ1) is 13.2. The molecule has 4 rings (SSSR count). The Balaban J connectivity index is 1.35. The zero-order valence-corrected chi connectivity index (χ0v) is 15.7. The van der Waals surface area contributed by atoms with Gasteiger partial charge < -0.3 is 15.8 Å². The minimum absolute atomic E-state index is 0.0203. The molecule has 7 nitrogen and oxygen atoms in total. The minimum atomic E-state index is -0.0203. The summed E-state index contributed by atoms with van der Waals surface area (Å²) in [6, 6.07) is 14.0. The second-order valence-corrected chi connectivity index (χ2v) is 7.26. The number of nitrogens with two attached hydrogens (primary N) is 1. The van der Waals surface area contributed by atoms with Crippen LogP contribution >= 0.6 is 11.3 Å². The molecule has 4 N–H and O–H groups in total. The van der Waals surface area contributed by atoms with Gasteiger partial charge in [-0.25, -0.2) is 0 Å². The highest BCUT2D eigenvalue weighted by Gasteiger charge is 2.10. The third-order valence-electron chi connectivity index (χ3n) is 4.28. The van der Waals surface area contributed by atoms with Gasteiger partial charge in [0.2, 0.25) is 5.13 Å². The highest BCUT2D eigenvalue weighted by atomic mass is 32.1. The smallest absolute Gasteiger partial charge is 0.206 e. The van der Waals surface area contributed by atoms with Crippen LogP contribution in [0.25, 0.3) is 21.5 Å². The van der Waals surface area contributed by atoms with Crippen LogP contribution in [0.4, 0.5) is 5.13 Å². The van der Waals surface area contributed by atoms with Gasteiger partial charge in [0, 0.05) is 23.5 Å². The average molecular weight is 380 g/mol. The molecule has 0 radical (unpaired) electrons. The van der Waals surface area contributed by atoms with Crippen molar-refractivity contribution in [3.63, 3.8) is 0 Å². The zero-order valence-electron chi connectivity index (χ0n) is 14.8. The van der Waals surface area contributed by atoms with Crippen molar-refractivity contribution in [2.45, 2.75) is 12.5 Å². The fourth-order valence-corrected chi connectivity index (χ4v) is 3.59. The lowest BCUT2D eigenvalue weighted by atomic mass is 10.1. The Morgan fingerprint density at radius 3 is 2.85 bits per heavy atom. The second kappa shape index (κ2) is 7.73. The van der Waals surface area contributed by atoms with Crippen LogP contribution in [0.15, 0.2) is 48.7 Å². The van der Waals surface area contributed by atoms with E-state index in [4.69, 9.17) is 10.5 Å². The quantitative estimate of drug-likeness (QED) is 0.455. The molecule has 0 aliphatic heterocycles. The zero-order chi connectivity index (χ0) is 18.6. The van der Waals surface area contributed by atoms with Crippen LogP contribution < -0.4 is 15.8 Å². The van der Waals surface area contributed by atoms with Crippen molar-refractivity contribution < 1.29 is 4.74 Å². The Morgan fingerprint density at radius 2 is 2.04 bits per heavy atom. The molecule has 0 bridgehead atoms. The van der Waals surface area contributed by atoms with Crippen LogP contribution in [-0.4, -0.2) is 40.1 Å². The lowest BCUT2D eigenvalue weighted by molar-refractivity contribution is 0.414. The first kappa shape index (κ1) is 17.4. The van der Waals surface area contributed by atoms with Gasteiger partial charge in [-0.15, -0.1) is 10.2 Å². The molecule has 0 amide bonds. The molecule has 8 heteroatoms. The number of hydrogen-bond donors (Lipinski definition) is 3. The van der Waals surface area contributed by atoms with Gasteiger partial charge in [0.1, 0.15) is 10.8 Å². The van der Waals surface area contributed by atoms with E-state index in [1.807, 2.05) is 36.4 Å². The van der Waals surface area contributed by atoms with E-state index in [2.05, 4.69) is 31.8 Å². The van der Waals surface area contributed by atoms with Crippen LogP contribution in [-0.2, 0) is 6.42 Å². The fraction of sp³-hybridized carbons (Fsp3) is 0.211. The Kier molecular flexibility index (Phi) is 4.99. The van der Waals surface area contributed by atoms with Gasteiger partial charge in [0.15, 0.2) is 0 Å². The van der Waals surface area contributed by atoms with Gasteiger partial charge in [-0.1, -0.05) is 23.5 Å². The van der Waals surface area contributed by atoms with Gasteiger partial charge >= 0.3 is 0 Å². The van der Waals surface area contributed by atoms with E-state index in [9.17, 15) is 0 Å². The van der Waals surface area contributed by atoms with Crippen molar-refractivity contribution in [2.24, 2.45) is 5.73 Å². The van der Waals surface area contributed by atoms with Gasteiger partial charge in [0.25, 0.3) is 0 Å². The summed E-state index contributed by atoms with van der Waals surface area (Å²) in [6.45, 7) is 0.626. The molecular weight excluding hydrogens is 360 g/mol. The van der Waals surface area contributed by atoms with E-state index in [1.54, 1.807) is 13.3 Å². The molecule has 2 aromatic heterocycles. The molecule has 0 aliphatic carbocycles. The van der Waals surface area contributed by atoms with Crippen molar-refractivity contribution >= 4 is 27.4 Å². The maximum absolute atomic E-state index is 6.24. The number of H-pyrrole nitrogens is 1. The predicted molar refractivity (Wildman–Crippen MR) is 108 cm³/mol. The maximum Gasteiger partial charge on any atom is 0.206 e. The van der Waals surface area contributed by atoms with Crippen molar-refractivity contribution in [3.8, 4) is 16.3 Å². The number of anilines is 1. The summed E-state index contributed by atoms with van der Waals surface area (Å²) in [5.41, 5.74) is 9.45. The molecule has 4 aromatic rings. The van der Waals surface area contributed by atoms with Crippen LogP contribution in [0.5, 0.6) is 5.75 Å². The Morgan fingerprint density at radius 1 is 1.19 bits per heavy atom. The molecule has 138 valence electrons. The number of ether oxygens (including phenoxy) is 1. The number of benzene rings is 2. The van der Waals surface area contributed by atoms with Gasteiger partial charge in [0.05, 0.1) is 18.8 Å². The standard InChI is InChI=1S/C19H20N6OS/c1-26-16-5-2-12(3-6-16)8-15(20)11-21-19-25-24-18(27-19)13-4-7-17-14(9-13)10-22-23-17/h2-7,9-10,15H,8,11,20H2,1H3,(H,21,25)(H,22,23)/t15-/m0/s1. The molecule has 2 aromatic carbocycles. The van der Waals surface area contributed by atoms with Crippen LogP contribution in [0, 0.1) is 0 Å². The van der Waals surface area contributed by atoms with Gasteiger partial charge in [-0.2, -0.15) is 5.10 Å². The average Bonchev–Trinajstić information content (AvgIpc) is 3.35. The van der Waals surface area contributed by atoms with Crippen molar-refractivity contribution in [1.82, 2.24) is 20.4 Å². The van der Waals surface area contributed by atoms with Crippen LogP contribution in [0.2, 0.25) is 0 Å². The van der Waals surface area contributed by atoms with E-state index in [1.165, 1.54) is 16.9 Å². The first-order valence-corrected chi connectivity index (χ1v) is 9.42. The number of rotatable bonds is 7. The highest BCUT2D eigenvalue weighted by molar-refractivity contribution is 7.18. The molecule has 0 saturated heterocycles. The lowest BCUT2D eigenvalue weighted by Crippen LogP contribution is -2.31. The van der Waals surface area contributed by atoms with Crippen molar-refractivity contribution in [3.05, 3.63) is 54.2 Å². The molecule has 27 heavy (non-hydrogen) atoms. The lowest BCUT2D eigenvalue weighted by Gasteiger charge is -2.12. The van der Waals surface area contributed by atoms with E-state index in [0.717, 1.165) is 38.8 Å². The Labute approximate surface area is 160 Å². The molecule has 1 atom stereocenters. The molecule has 0 saturated carbocycles. The monoisotopic (exact) mass is 380 g/mol. The third-order valence-corrected chi connectivity index (χ3v) is 5.21. The maximum atomic E-state index is 6.24. The van der Waals surface area contributed by atoms with Gasteiger partial charge in [-0.05, 0) is 42.3 Å². The number of nitrogens with one attached hydrogen (secondary N) is 2. The van der Waals surface area contributed by atoms with E-state index in [-0.39, 0.29) is 6.04 Å². The predicted octanol–water partition coefficient (Wildman–Crippen LogP) is 3.07. The highest BCUT2D eigenvalue weighted by Crippen LogP contribution is 2.28. The molecule has 0 spiro atoms. The largest absolute Gasteiger partial charge is 0.497 e. The Bertz CT molecular complexity index is 1030. The molecule has 0 unspecified atom stereocenters. The summed E-state index contributed by atoms with van der Waals surface area (Å²) in [6.07, 6.45) is 2.58.